The molecule has 0 saturated carbocycles. The average Bonchev–Trinajstić information content (AvgIpc) is 3.13. The summed E-state index contributed by atoms with van der Waals surface area (Å²) >= 11 is 0. The molecule has 1 aliphatic heterocycles. The van der Waals surface area contributed by atoms with Crippen molar-refractivity contribution in [3.8, 4) is 5.82 Å². The zero-order valence-corrected chi connectivity index (χ0v) is 23.8. The SMILES string of the molecule is C=CCn1c(=O)c2cnc(Nc3cc4c(c(C(C)C)c3)CCN(C)C4)nc2n1-c1cccc(N=S(C)(C)=O)n1. The summed E-state index contributed by atoms with van der Waals surface area (Å²) in [7, 11) is -0.278. The summed E-state index contributed by atoms with van der Waals surface area (Å²) in [6, 6.07) is 9.55. The van der Waals surface area contributed by atoms with Crippen LogP contribution in [0.3, 0.4) is 0 Å². The molecule has 204 valence electrons. The molecule has 4 aromatic rings. The van der Waals surface area contributed by atoms with Gasteiger partial charge in [0.05, 0.1) is 6.54 Å². The second-order valence-corrected chi connectivity index (χ2v) is 13.1. The largest absolute Gasteiger partial charge is 0.324 e. The molecule has 0 spiro atoms. The van der Waals surface area contributed by atoms with E-state index in [1.807, 2.05) is 0 Å². The van der Waals surface area contributed by atoms with Crippen LogP contribution in [0.15, 0.2) is 58.3 Å². The maximum atomic E-state index is 13.3. The van der Waals surface area contributed by atoms with Gasteiger partial charge in [-0.2, -0.15) is 9.35 Å². The minimum Gasteiger partial charge on any atom is -0.324 e. The van der Waals surface area contributed by atoms with Gasteiger partial charge < -0.3 is 10.2 Å². The molecule has 0 atom stereocenters. The fraction of sp³-hybridized carbons (Fsp3) is 0.357. The molecule has 0 amide bonds. The summed E-state index contributed by atoms with van der Waals surface area (Å²) in [4.78, 5) is 29.4. The van der Waals surface area contributed by atoms with E-state index in [-0.39, 0.29) is 12.1 Å². The van der Waals surface area contributed by atoms with Gasteiger partial charge in [0.1, 0.15) is 5.39 Å². The molecule has 0 saturated heterocycles. The smallest absolute Gasteiger partial charge is 0.278 e. The molecule has 0 bridgehead atoms. The number of benzene rings is 1. The molecule has 1 aliphatic rings. The van der Waals surface area contributed by atoms with E-state index in [4.69, 9.17) is 4.98 Å². The van der Waals surface area contributed by atoms with Crippen molar-refractivity contribution < 1.29 is 4.21 Å². The van der Waals surface area contributed by atoms with Crippen molar-refractivity contribution in [1.29, 1.82) is 0 Å². The van der Waals surface area contributed by atoms with Crippen LogP contribution in [-0.2, 0) is 29.2 Å². The summed E-state index contributed by atoms with van der Waals surface area (Å²) in [5, 5.41) is 3.73. The molecule has 11 heteroatoms. The number of rotatable bonds is 7. The van der Waals surface area contributed by atoms with Gasteiger partial charge in [-0.3, -0.25) is 4.79 Å². The molecule has 0 radical (unpaired) electrons. The van der Waals surface area contributed by atoms with Crippen molar-refractivity contribution in [2.24, 2.45) is 4.36 Å². The average molecular weight is 547 g/mol. The van der Waals surface area contributed by atoms with Crippen molar-refractivity contribution in [1.82, 2.24) is 29.2 Å². The molecule has 4 heterocycles. The predicted molar refractivity (Wildman–Crippen MR) is 157 cm³/mol. The minimum atomic E-state index is -2.42. The van der Waals surface area contributed by atoms with Crippen LogP contribution < -0.4 is 10.9 Å². The van der Waals surface area contributed by atoms with Crippen LogP contribution in [0.25, 0.3) is 16.9 Å². The number of likely N-dealkylation sites (N-methyl/N-ethyl adjacent to an activating group) is 1. The van der Waals surface area contributed by atoms with Crippen LogP contribution in [-0.4, -0.2) is 59.5 Å². The Hall–Kier alpha value is -3.83. The first-order valence-electron chi connectivity index (χ1n) is 12.9. The Morgan fingerprint density at radius 2 is 2.03 bits per heavy atom. The molecular weight excluding hydrogens is 512 g/mol. The van der Waals surface area contributed by atoms with E-state index in [1.54, 1.807) is 41.5 Å². The van der Waals surface area contributed by atoms with Crippen molar-refractivity contribution in [3.63, 3.8) is 0 Å². The highest BCUT2D eigenvalue weighted by molar-refractivity contribution is 7.92. The Bertz CT molecular complexity index is 1750. The van der Waals surface area contributed by atoms with E-state index in [0.717, 1.165) is 25.2 Å². The fourth-order valence-electron chi connectivity index (χ4n) is 5.01. The first-order chi connectivity index (χ1) is 18.5. The highest BCUT2D eigenvalue weighted by Gasteiger charge is 2.21. The number of pyridine rings is 1. The maximum absolute atomic E-state index is 13.3. The molecule has 0 aliphatic carbocycles. The molecule has 39 heavy (non-hydrogen) atoms. The van der Waals surface area contributed by atoms with Crippen LogP contribution in [0.1, 0.15) is 36.5 Å². The summed E-state index contributed by atoms with van der Waals surface area (Å²) in [5.41, 5.74) is 5.12. The van der Waals surface area contributed by atoms with Gasteiger partial charge in [0.25, 0.3) is 5.56 Å². The fourth-order valence-corrected chi connectivity index (χ4v) is 5.56. The Labute approximate surface area is 228 Å². The van der Waals surface area contributed by atoms with Crippen LogP contribution in [0.2, 0.25) is 0 Å². The van der Waals surface area contributed by atoms with Gasteiger partial charge in [0.2, 0.25) is 5.95 Å². The molecule has 5 rings (SSSR count). The highest BCUT2D eigenvalue weighted by atomic mass is 32.2. The normalized spacial score (nSPS) is 14.0. The number of hydrogen-bond donors (Lipinski definition) is 1. The molecule has 3 aromatic heterocycles. The lowest BCUT2D eigenvalue weighted by atomic mass is 9.88. The first kappa shape index (κ1) is 26.8. The Kier molecular flexibility index (Phi) is 7.13. The van der Waals surface area contributed by atoms with Crippen molar-refractivity contribution >= 4 is 38.2 Å². The van der Waals surface area contributed by atoms with E-state index in [0.29, 0.717) is 34.5 Å². The predicted octanol–water partition coefficient (Wildman–Crippen LogP) is 4.38. The number of anilines is 2. The van der Waals surface area contributed by atoms with Gasteiger partial charge >= 0.3 is 0 Å². The van der Waals surface area contributed by atoms with Crippen molar-refractivity contribution in [2.75, 3.05) is 31.4 Å². The summed E-state index contributed by atoms with van der Waals surface area (Å²) in [5.74, 6) is 1.50. The number of allylic oxidation sites excluding steroid dienone is 1. The summed E-state index contributed by atoms with van der Waals surface area (Å²) in [6.07, 6.45) is 7.32. The Morgan fingerprint density at radius 3 is 2.74 bits per heavy atom. The lowest BCUT2D eigenvalue weighted by molar-refractivity contribution is 0.312. The summed E-state index contributed by atoms with van der Waals surface area (Å²) < 4.78 is 19.6. The molecule has 0 fully saturated rings. The topological polar surface area (TPSA) is 110 Å². The monoisotopic (exact) mass is 546 g/mol. The van der Waals surface area contributed by atoms with E-state index in [1.165, 1.54) is 27.6 Å². The second-order valence-electron chi connectivity index (χ2n) is 10.5. The zero-order valence-electron chi connectivity index (χ0n) is 23.0. The van der Waals surface area contributed by atoms with E-state index < -0.39 is 9.73 Å². The van der Waals surface area contributed by atoms with Crippen LogP contribution in [0.4, 0.5) is 17.5 Å². The zero-order chi connectivity index (χ0) is 27.9. The van der Waals surface area contributed by atoms with Crippen LogP contribution in [0.5, 0.6) is 0 Å². The number of nitrogens with one attached hydrogen (secondary N) is 1. The Balaban J connectivity index is 1.63. The molecular formula is C28H34N8O2S. The third-order valence-electron chi connectivity index (χ3n) is 6.67. The number of hydrogen-bond acceptors (Lipinski definition) is 8. The molecule has 1 N–H and O–H groups in total. The highest BCUT2D eigenvalue weighted by Crippen LogP contribution is 2.32. The van der Waals surface area contributed by atoms with Crippen molar-refractivity contribution in [3.05, 3.63) is 76.2 Å². The maximum Gasteiger partial charge on any atom is 0.278 e. The number of nitrogens with zero attached hydrogens (tertiary/aromatic N) is 7. The van der Waals surface area contributed by atoms with Crippen LogP contribution >= 0.6 is 0 Å². The van der Waals surface area contributed by atoms with Gasteiger partial charge in [-0.05, 0) is 60.3 Å². The van der Waals surface area contributed by atoms with E-state index in [2.05, 4.69) is 64.2 Å². The van der Waals surface area contributed by atoms with Crippen molar-refractivity contribution in [2.45, 2.75) is 39.3 Å². The third kappa shape index (κ3) is 5.50. The van der Waals surface area contributed by atoms with E-state index in [9.17, 15) is 9.00 Å². The second kappa shape index (κ2) is 10.4. The minimum absolute atomic E-state index is 0.245. The Morgan fingerprint density at radius 1 is 1.23 bits per heavy atom. The molecule has 0 unspecified atom stereocenters. The molecule has 1 aromatic carbocycles. The van der Waals surface area contributed by atoms with Crippen LogP contribution in [0, 0.1) is 0 Å². The number of fused-ring (bicyclic) bond motifs is 2. The standard InChI is InChI=1S/C28H34N8O2S/c1-7-12-35-27(37)23-16-29-28(30-20-14-19-17-34(4)13-11-21(19)22(15-20)18(2)3)32-26(23)36(35)25-10-8-9-24(31-25)33-39(5,6)38/h7-10,14-16,18H,1,11-13,17H2,2-6H3,(H,29,30,32). The quantitative estimate of drug-likeness (QED) is 0.343. The van der Waals surface area contributed by atoms with E-state index >= 15 is 0 Å². The third-order valence-corrected chi connectivity index (χ3v) is 7.29. The lowest BCUT2D eigenvalue weighted by Crippen LogP contribution is -2.27. The van der Waals surface area contributed by atoms with Gasteiger partial charge in [-0.15, -0.1) is 6.58 Å². The van der Waals surface area contributed by atoms with Gasteiger partial charge in [0, 0.05) is 47.2 Å². The summed E-state index contributed by atoms with van der Waals surface area (Å²) in [6.45, 7) is 10.4. The van der Waals surface area contributed by atoms with Gasteiger partial charge in [-0.25, -0.2) is 23.5 Å². The van der Waals surface area contributed by atoms with Gasteiger partial charge in [-0.1, -0.05) is 26.0 Å². The van der Waals surface area contributed by atoms with Gasteiger partial charge in [0.15, 0.2) is 17.3 Å². The lowest BCUT2D eigenvalue weighted by Gasteiger charge is -2.28. The molecule has 10 nitrogen and oxygen atoms in total. The first-order valence-corrected chi connectivity index (χ1v) is 15.2. The number of aromatic nitrogens is 5.